The second-order valence-corrected chi connectivity index (χ2v) is 19.8. The predicted molar refractivity (Wildman–Crippen MR) is 265 cm³/mol. The minimum Gasteiger partial charge on any atom is -0.459 e. The highest BCUT2D eigenvalue weighted by molar-refractivity contribution is 6.03. The Morgan fingerprint density at radius 1 is 0.851 bits per heavy atom. The van der Waals surface area contributed by atoms with Crippen LogP contribution in [0.5, 0.6) is 17.2 Å². The number of hydrogen-bond donors (Lipinski definition) is 2. The lowest BCUT2D eigenvalue weighted by Crippen LogP contribution is -2.70. The maximum Gasteiger partial charge on any atom is 0.239 e. The smallest absolute Gasteiger partial charge is 0.239 e. The fraction of sp³-hybridized carbons (Fsp3) is 0.414. The Balaban J connectivity index is 1.23. The topological polar surface area (TPSA) is 110 Å². The van der Waals surface area contributed by atoms with E-state index in [2.05, 4.69) is 84.3 Å². The molecule has 6 unspecified atom stereocenters. The van der Waals surface area contributed by atoms with Crippen molar-refractivity contribution in [2.75, 3.05) is 19.8 Å². The van der Waals surface area contributed by atoms with E-state index in [1.165, 1.54) is 0 Å². The minimum absolute atomic E-state index is 0.0861. The summed E-state index contributed by atoms with van der Waals surface area (Å²) in [6.45, 7) is 10.9. The minimum atomic E-state index is -1.35. The van der Waals surface area contributed by atoms with E-state index in [9.17, 15) is 10.2 Å². The molecular weight excluding hydrogens is 837 g/mol. The Kier molecular flexibility index (Phi) is 14.0. The molecule has 1 aliphatic heterocycles. The van der Waals surface area contributed by atoms with Crippen LogP contribution in [0.25, 0.3) is 21.9 Å². The largest absolute Gasteiger partial charge is 0.459 e. The number of rotatable bonds is 19. The molecule has 2 saturated carbocycles. The quantitative estimate of drug-likeness (QED) is 0.0482. The molecule has 9 nitrogen and oxygen atoms in total. The number of carbonyl (C=O) groups excluding carboxylic acids is 1. The summed E-state index contributed by atoms with van der Waals surface area (Å²) < 4.78 is 21.5. The van der Waals surface area contributed by atoms with Gasteiger partial charge in [-0.25, -0.2) is 0 Å². The molecule has 5 aromatic carbocycles. The van der Waals surface area contributed by atoms with Crippen LogP contribution in [0, 0.1) is 23.7 Å². The van der Waals surface area contributed by atoms with Crippen molar-refractivity contribution in [3.05, 3.63) is 151 Å². The standard InChI is InChI=1S/C58H66N2O7/c1-5-34-64-58-53(60(56(63)42-24-25-42)38-44-21-15-20-41-18-9-10-22-47(41)44)37-51(59-67-57(2,3)4)49-35-43(19-11-13-32-61)48(23-12-14-33-62)54(55(49)58)50-36-46(30-31-52(50)66-58)65-45-28-26-40(27-29-45)39-16-7-6-8-17-39/h5-10,15-18,20-22,26-31,35-36,42-43,48,53-55,61-62H,1,11-14,19,23-25,32-34,37-38H2,2-4H3. The van der Waals surface area contributed by atoms with Crippen molar-refractivity contribution in [3.8, 4) is 28.4 Å². The van der Waals surface area contributed by atoms with Crippen LogP contribution in [0.2, 0.25) is 0 Å². The highest BCUT2D eigenvalue weighted by Crippen LogP contribution is 2.62. The first-order valence-corrected chi connectivity index (χ1v) is 24.5. The van der Waals surface area contributed by atoms with E-state index in [0.29, 0.717) is 37.3 Å². The molecule has 4 aliphatic rings. The molecule has 0 saturated heterocycles. The first-order chi connectivity index (χ1) is 32.6. The molecule has 9 heteroatoms. The van der Waals surface area contributed by atoms with E-state index >= 15 is 4.79 Å². The first-order valence-electron chi connectivity index (χ1n) is 24.5. The van der Waals surface area contributed by atoms with Gasteiger partial charge in [0.2, 0.25) is 11.7 Å². The lowest BCUT2D eigenvalue weighted by molar-refractivity contribution is -0.258. The number of oxime groups is 1. The van der Waals surface area contributed by atoms with E-state index in [1.54, 1.807) is 6.08 Å². The fourth-order valence-electron chi connectivity index (χ4n) is 10.9. The number of aliphatic hydroxyl groups is 2. The van der Waals surface area contributed by atoms with E-state index in [-0.39, 0.29) is 49.4 Å². The monoisotopic (exact) mass is 902 g/mol. The molecule has 0 spiro atoms. The lowest BCUT2D eigenvalue weighted by Gasteiger charge is -2.60. The van der Waals surface area contributed by atoms with Crippen molar-refractivity contribution in [1.29, 1.82) is 0 Å². The Morgan fingerprint density at radius 3 is 2.28 bits per heavy atom. The van der Waals surface area contributed by atoms with E-state index in [4.69, 9.17) is 24.2 Å². The third kappa shape index (κ3) is 9.97. The molecule has 5 aromatic rings. The van der Waals surface area contributed by atoms with Crippen molar-refractivity contribution in [3.63, 3.8) is 0 Å². The van der Waals surface area contributed by atoms with E-state index in [1.807, 2.05) is 69.3 Å². The van der Waals surface area contributed by atoms with Crippen molar-refractivity contribution in [2.24, 2.45) is 28.8 Å². The highest BCUT2D eigenvalue weighted by atomic mass is 16.7. The normalized spacial score (nSPS) is 23.7. The average Bonchev–Trinajstić information content (AvgIpc) is 4.20. The summed E-state index contributed by atoms with van der Waals surface area (Å²) in [5.41, 5.74) is 5.54. The zero-order chi connectivity index (χ0) is 46.5. The van der Waals surface area contributed by atoms with Crippen LogP contribution < -0.4 is 9.47 Å². The van der Waals surface area contributed by atoms with Gasteiger partial charge >= 0.3 is 0 Å². The zero-order valence-corrected chi connectivity index (χ0v) is 39.3. The lowest BCUT2D eigenvalue weighted by atomic mass is 9.55. The fourth-order valence-corrected chi connectivity index (χ4v) is 10.9. The Labute approximate surface area is 396 Å². The van der Waals surface area contributed by atoms with Gasteiger partial charge in [0.25, 0.3) is 0 Å². The number of aliphatic hydroxyl groups excluding tert-OH is 2. The van der Waals surface area contributed by atoms with Gasteiger partial charge in [-0.05, 0) is 134 Å². The average molecular weight is 903 g/mol. The number of unbranched alkanes of at least 4 members (excludes halogenated alkanes) is 2. The van der Waals surface area contributed by atoms with Gasteiger partial charge in [0.15, 0.2) is 0 Å². The second-order valence-electron chi connectivity index (χ2n) is 19.8. The van der Waals surface area contributed by atoms with Crippen molar-refractivity contribution >= 4 is 22.4 Å². The molecule has 0 aromatic heterocycles. The maximum atomic E-state index is 15.2. The van der Waals surface area contributed by atoms with Crippen molar-refractivity contribution < 1.29 is 34.1 Å². The van der Waals surface area contributed by atoms with Gasteiger partial charge in [-0.3, -0.25) is 4.79 Å². The molecule has 2 fully saturated rings. The van der Waals surface area contributed by atoms with Crippen LogP contribution in [0.1, 0.15) is 95.6 Å². The molecule has 2 N–H and O–H groups in total. The molecule has 0 bridgehead atoms. The molecule has 6 atom stereocenters. The second kappa shape index (κ2) is 20.2. The number of carbonyl (C=O) groups is 1. The van der Waals surface area contributed by atoms with Gasteiger partial charge in [-0.15, -0.1) is 6.58 Å². The number of nitrogens with zero attached hydrogens (tertiary/aromatic N) is 2. The Bertz CT molecular complexity index is 2570. The first kappa shape index (κ1) is 46.4. The molecule has 350 valence electrons. The van der Waals surface area contributed by atoms with Gasteiger partial charge in [-0.1, -0.05) is 115 Å². The number of benzene rings is 5. The van der Waals surface area contributed by atoms with Gasteiger partial charge < -0.3 is 34.2 Å². The summed E-state index contributed by atoms with van der Waals surface area (Å²) in [6, 6.07) is 38.7. The molecular formula is C58H66N2O7. The van der Waals surface area contributed by atoms with Gasteiger partial charge in [0.1, 0.15) is 28.9 Å². The summed E-state index contributed by atoms with van der Waals surface area (Å²) in [4.78, 5) is 23.6. The molecule has 67 heavy (non-hydrogen) atoms. The van der Waals surface area contributed by atoms with Crippen LogP contribution in [0.15, 0.2) is 145 Å². The van der Waals surface area contributed by atoms with Crippen molar-refractivity contribution in [2.45, 2.75) is 108 Å². The number of ether oxygens (including phenoxy) is 3. The van der Waals surface area contributed by atoms with Crippen LogP contribution >= 0.6 is 0 Å². The number of hydrogen-bond acceptors (Lipinski definition) is 8. The van der Waals surface area contributed by atoms with Crippen LogP contribution in [-0.2, 0) is 20.9 Å². The molecule has 3 aliphatic carbocycles. The summed E-state index contributed by atoms with van der Waals surface area (Å²) in [7, 11) is 0. The molecule has 9 rings (SSSR count). The Hall–Kier alpha value is -5.74. The number of allylic oxidation sites excluding steroid dienone is 1. The maximum absolute atomic E-state index is 15.2. The SMILES string of the molecule is C=CCOC12Oc3ccc(Oc4ccc(-c5ccccc5)cc4)cc3C3C(CCCCO)C(CCCCO)C=C(C(=NOC(C)(C)C)CC1N(Cc1cccc4ccccc14)C(=O)C1CC1)C32. The Morgan fingerprint density at radius 2 is 1.55 bits per heavy atom. The van der Waals surface area contributed by atoms with Crippen LogP contribution in [-0.4, -0.2) is 64.0 Å². The highest BCUT2D eigenvalue weighted by Gasteiger charge is 2.66. The predicted octanol–water partition coefficient (Wildman–Crippen LogP) is 12.2. The van der Waals surface area contributed by atoms with E-state index < -0.39 is 23.3 Å². The van der Waals surface area contributed by atoms with Gasteiger partial charge in [0.05, 0.1) is 18.2 Å². The third-order valence-electron chi connectivity index (χ3n) is 14.1. The zero-order valence-electron chi connectivity index (χ0n) is 39.3. The summed E-state index contributed by atoms with van der Waals surface area (Å²) in [5.74, 6) is 0.359. The molecule has 1 heterocycles. The van der Waals surface area contributed by atoms with Gasteiger partial charge in [-0.2, -0.15) is 0 Å². The molecule has 0 radical (unpaired) electrons. The van der Waals surface area contributed by atoms with Crippen molar-refractivity contribution in [1.82, 2.24) is 4.90 Å². The summed E-state index contributed by atoms with van der Waals surface area (Å²) in [5, 5.41) is 27.4. The molecule has 1 amide bonds. The third-order valence-corrected chi connectivity index (χ3v) is 14.1. The van der Waals surface area contributed by atoms with E-state index in [0.717, 1.165) is 88.6 Å². The summed E-state index contributed by atoms with van der Waals surface area (Å²) >= 11 is 0. The number of fused-ring (bicyclic) bond motifs is 3. The van der Waals surface area contributed by atoms with Gasteiger partial charge in [0, 0.05) is 43.6 Å². The van der Waals surface area contributed by atoms with Crippen LogP contribution in [0.4, 0.5) is 0 Å². The van der Waals surface area contributed by atoms with Crippen LogP contribution in [0.3, 0.4) is 0 Å². The number of amides is 1. The summed E-state index contributed by atoms with van der Waals surface area (Å²) in [6.07, 6.45) is 11.0.